The fourth-order valence-electron chi connectivity index (χ4n) is 3.59. The molecule has 0 atom stereocenters. The predicted octanol–water partition coefficient (Wildman–Crippen LogP) is 5.21. The van der Waals surface area contributed by atoms with Crippen LogP contribution in [-0.2, 0) is 20.0 Å². The zero-order chi connectivity index (χ0) is 28.9. The highest BCUT2D eigenvalue weighted by Gasteiger charge is 2.21. The van der Waals surface area contributed by atoms with Gasteiger partial charge in [0.1, 0.15) is 16.4 Å². The number of nitrogens with one attached hydrogen (secondary N) is 3. The van der Waals surface area contributed by atoms with Crippen LogP contribution in [0, 0.1) is 0 Å². The maximum Gasteiger partial charge on any atom is 0.263 e. The van der Waals surface area contributed by atoms with Crippen molar-refractivity contribution in [2.75, 3.05) is 29.0 Å². The minimum atomic E-state index is -4.08. The van der Waals surface area contributed by atoms with Crippen molar-refractivity contribution in [2.24, 2.45) is 0 Å². The third kappa shape index (κ3) is 6.65. The molecule has 0 heterocycles. The molecule has 0 saturated heterocycles. The van der Waals surface area contributed by atoms with Crippen molar-refractivity contribution in [2.45, 2.75) is 9.79 Å². The van der Waals surface area contributed by atoms with Crippen molar-refractivity contribution in [3.63, 3.8) is 0 Å². The zero-order valence-corrected chi connectivity index (χ0v) is 23.6. The molecular weight excluding hydrogens is 578 g/mol. The highest BCUT2D eigenvalue weighted by atomic mass is 35.5. The first kappa shape index (κ1) is 28.7. The quantitative estimate of drug-likeness (QED) is 0.227. The number of para-hydroxylation sites is 1. The summed E-state index contributed by atoms with van der Waals surface area (Å²) in [6.07, 6.45) is 0. The number of hydrogen-bond donors (Lipinski definition) is 3. The van der Waals surface area contributed by atoms with Gasteiger partial charge in [-0.05, 0) is 66.7 Å². The maximum atomic E-state index is 12.9. The fourth-order valence-corrected chi connectivity index (χ4v) is 6.23. The van der Waals surface area contributed by atoms with Gasteiger partial charge in [0.25, 0.3) is 26.0 Å². The Morgan fingerprint density at radius 3 is 2.08 bits per heavy atom. The van der Waals surface area contributed by atoms with E-state index in [4.69, 9.17) is 21.1 Å². The van der Waals surface area contributed by atoms with E-state index in [1.165, 1.54) is 56.7 Å². The van der Waals surface area contributed by atoms with Crippen LogP contribution in [0.25, 0.3) is 0 Å². The van der Waals surface area contributed by atoms with Gasteiger partial charge in [0.2, 0.25) is 0 Å². The van der Waals surface area contributed by atoms with Crippen LogP contribution >= 0.6 is 11.6 Å². The van der Waals surface area contributed by atoms with Crippen molar-refractivity contribution in [1.29, 1.82) is 0 Å². The van der Waals surface area contributed by atoms with E-state index in [9.17, 15) is 21.6 Å². The normalized spacial score (nSPS) is 11.4. The van der Waals surface area contributed by atoms with Crippen molar-refractivity contribution < 1.29 is 31.1 Å². The highest BCUT2D eigenvalue weighted by Crippen LogP contribution is 2.31. The van der Waals surface area contributed by atoms with E-state index < -0.39 is 26.0 Å². The molecule has 0 saturated carbocycles. The van der Waals surface area contributed by atoms with E-state index in [0.29, 0.717) is 17.2 Å². The molecule has 208 valence electrons. The molecule has 13 heteroatoms. The number of carbonyl (C=O) groups excluding carboxylic acids is 1. The van der Waals surface area contributed by atoms with Gasteiger partial charge in [-0.1, -0.05) is 29.8 Å². The SMILES string of the molecule is COc1ccc(OC)c(NS(=O)(=O)c2ccc(NC(=O)c3ccc(Cl)c(S(=O)(=O)Nc4ccccc4)c3)cc2)c1. The standard InChI is InChI=1S/C27H24ClN3O7S2/c1-37-21-11-15-25(38-2)24(17-21)31-39(33,34)22-12-9-19(10-13-22)29-27(32)18-8-14-23(28)26(16-18)40(35,36)30-20-6-4-3-5-7-20/h3-17,30-31H,1-2H3,(H,29,32). The smallest absolute Gasteiger partial charge is 0.263 e. The predicted molar refractivity (Wildman–Crippen MR) is 153 cm³/mol. The van der Waals surface area contributed by atoms with E-state index in [2.05, 4.69) is 14.8 Å². The molecule has 0 aliphatic carbocycles. The Bertz CT molecular complexity index is 1750. The van der Waals surface area contributed by atoms with Gasteiger partial charge in [-0.2, -0.15) is 0 Å². The number of sulfonamides is 2. The second-order valence-electron chi connectivity index (χ2n) is 8.27. The van der Waals surface area contributed by atoms with E-state index in [1.54, 1.807) is 42.5 Å². The van der Waals surface area contributed by atoms with E-state index >= 15 is 0 Å². The molecule has 0 radical (unpaired) electrons. The summed E-state index contributed by atoms with van der Waals surface area (Å²) < 4.78 is 66.9. The molecule has 4 aromatic rings. The number of anilines is 3. The van der Waals surface area contributed by atoms with Crippen LogP contribution in [0.2, 0.25) is 5.02 Å². The topological polar surface area (TPSA) is 140 Å². The van der Waals surface area contributed by atoms with Crippen molar-refractivity contribution >= 4 is 54.6 Å². The summed E-state index contributed by atoms with van der Waals surface area (Å²) in [4.78, 5) is 12.6. The van der Waals surface area contributed by atoms with Gasteiger partial charge in [0.15, 0.2) is 0 Å². The fraction of sp³-hybridized carbons (Fsp3) is 0.0741. The van der Waals surface area contributed by atoms with E-state index in [-0.39, 0.29) is 31.8 Å². The van der Waals surface area contributed by atoms with Crippen molar-refractivity contribution in [1.82, 2.24) is 0 Å². The second-order valence-corrected chi connectivity index (χ2v) is 12.0. The number of rotatable bonds is 10. The molecule has 4 rings (SSSR count). The second kappa shape index (κ2) is 11.9. The molecule has 0 unspecified atom stereocenters. The minimum Gasteiger partial charge on any atom is -0.497 e. The molecule has 0 fully saturated rings. The minimum absolute atomic E-state index is 0.0290. The molecule has 3 N–H and O–H groups in total. The van der Waals surface area contributed by atoms with Crippen LogP contribution in [0.4, 0.5) is 17.1 Å². The number of amides is 1. The van der Waals surface area contributed by atoms with Gasteiger partial charge < -0.3 is 14.8 Å². The first-order valence-corrected chi connectivity index (χ1v) is 14.9. The van der Waals surface area contributed by atoms with Gasteiger partial charge in [-0.3, -0.25) is 14.2 Å². The van der Waals surface area contributed by atoms with Crippen LogP contribution < -0.4 is 24.2 Å². The monoisotopic (exact) mass is 601 g/mol. The Morgan fingerprint density at radius 2 is 1.43 bits per heavy atom. The molecular formula is C27H24ClN3O7S2. The number of halogens is 1. The molecule has 0 aliphatic rings. The van der Waals surface area contributed by atoms with Crippen molar-refractivity contribution in [3.8, 4) is 11.5 Å². The molecule has 0 aliphatic heterocycles. The molecule has 0 bridgehead atoms. The maximum absolute atomic E-state index is 12.9. The summed E-state index contributed by atoms with van der Waals surface area (Å²) in [5.74, 6) is 0.116. The molecule has 4 aromatic carbocycles. The number of methoxy groups -OCH3 is 2. The lowest BCUT2D eigenvalue weighted by molar-refractivity contribution is 0.102. The Hall–Kier alpha value is -4.26. The summed E-state index contributed by atoms with van der Waals surface area (Å²) in [7, 11) is -5.22. The molecule has 40 heavy (non-hydrogen) atoms. The highest BCUT2D eigenvalue weighted by molar-refractivity contribution is 7.93. The lowest BCUT2D eigenvalue weighted by Gasteiger charge is -2.14. The van der Waals surface area contributed by atoms with Gasteiger partial charge >= 0.3 is 0 Å². The first-order valence-electron chi connectivity index (χ1n) is 11.6. The van der Waals surface area contributed by atoms with Gasteiger partial charge in [0.05, 0.1) is 29.8 Å². The van der Waals surface area contributed by atoms with Crippen LogP contribution in [0.1, 0.15) is 10.4 Å². The third-order valence-electron chi connectivity index (χ3n) is 5.58. The zero-order valence-electron chi connectivity index (χ0n) is 21.2. The van der Waals surface area contributed by atoms with Gasteiger partial charge in [-0.25, -0.2) is 16.8 Å². The average molecular weight is 602 g/mol. The summed E-state index contributed by atoms with van der Waals surface area (Å²) in [6.45, 7) is 0. The Labute approximate surface area is 237 Å². The lowest BCUT2D eigenvalue weighted by atomic mass is 10.2. The summed E-state index contributed by atoms with van der Waals surface area (Å²) >= 11 is 6.14. The van der Waals surface area contributed by atoms with E-state index in [1.807, 2.05) is 0 Å². The van der Waals surface area contributed by atoms with Gasteiger partial charge in [0, 0.05) is 23.0 Å². The Balaban J connectivity index is 1.50. The largest absolute Gasteiger partial charge is 0.497 e. The molecule has 0 spiro atoms. The summed E-state index contributed by atoms with van der Waals surface area (Å²) in [5.41, 5.74) is 0.836. The number of hydrogen-bond acceptors (Lipinski definition) is 7. The number of benzene rings is 4. The molecule has 10 nitrogen and oxygen atoms in total. The lowest BCUT2D eigenvalue weighted by Crippen LogP contribution is -2.17. The van der Waals surface area contributed by atoms with Crippen LogP contribution in [-0.4, -0.2) is 37.0 Å². The Morgan fingerprint density at radius 1 is 0.725 bits per heavy atom. The summed E-state index contributed by atoms with van der Waals surface area (Å²) in [5, 5.41) is 2.56. The summed E-state index contributed by atoms with van der Waals surface area (Å²) in [6, 6.07) is 22.2. The Kier molecular flexibility index (Phi) is 8.52. The van der Waals surface area contributed by atoms with Crippen LogP contribution in [0.5, 0.6) is 11.5 Å². The van der Waals surface area contributed by atoms with Crippen LogP contribution in [0.3, 0.4) is 0 Å². The van der Waals surface area contributed by atoms with Crippen molar-refractivity contribution in [3.05, 3.63) is 102 Å². The molecule has 0 aromatic heterocycles. The number of ether oxygens (including phenoxy) is 2. The number of carbonyl (C=O) groups is 1. The van der Waals surface area contributed by atoms with E-state index in [0.717, 1.165) is 6.07 Å². The van der Waals surface area contributed by atoms with Crippen LogP contribution in [0.15, 0.2) is 101 Å². The van der Waals surface area contributed by atoms with Gasteiger partial charge in [-0.15, -0.1) is 0 Å². The first-order chi connectivity index (χ1) is 19.0. The average Bonchev–Trinajstić information content (AvgIpc) is 2.93. The third-order valence-corrected chi connectivity index (χ3v) is 8.83. The molecule has 1 amide bonds.